The summed E-state index contributed by atoms with van der Waals surface area (Å²) in [4.78, 5) is 27.6. The lowest BCUT2D eigenvalue weighted by atomic mass is 9.77. The number of carbonyl (C=O) groups excluding carboxylic acids is 2. The van der Waals surface area contributed by atoms with E-state index in [2.05, 4.69) is 67.1 Å². The SMILES string of the molecule is CCCCCCCCCCCCCCCCCCCCCCC(=O)OCN1C(=O)CC(C)(C)c2ccc(OCCCCNCCNc3cccc4sccc34)cc21. The predicted octanol–water partition coefficient (Wildman–Crippen LogP) is 13.5. The molecule has 318 valence electrons. The fourth-order valence-electron chi connectivity index (χ4n) is 8.08. The second-order valence-electron chi connectivity index (χ2n) is 17.0. The molecular weight excluding hydrogens is 727 g/mol. The van der Waals surface area contributed by atoms with Crippen LogP contribution in [0.25, 0.3) is 10.1 Å². The summed E-state index contributed by atoms with van der Waals surface area (Å²) >= 11 is 1.77. The summed E-state index contributed by atoms with van der Waals surface area (Å²) in [5.41, 5.74) is 2.76. The number of thiophene rings is 1. The van der Waals surface area contributed by atoms with Crippen LogP contribution in [0.4, 0.5) is 11.4 Å². The van der Waals surface area contributed by atoms with Gasteiger partial charge >= 0.3 is 5.97 Å². The molecule has 0 saturated heterocycles. The number of benzene rings is 2. The topological polar surface area (TPSA) is 79.9 Å². The normalized spacial score (nSPS) is 13.6. The molecule has 57 heavy (non-hydrogen) atoms. The smallest absolute Gasteiger partial charge is 0.307 e. The van der Waals surface area contributed by atoms with Crippen LogP contribution >= 0.6 is 11.3 Å². The van der Waals surface area contributed by atoms with E-state index >= 15 is 0 Å². The summed E-state index contributed by atoms with van der Waals surface area (Å²) < 4.78 is 13.1. The van der Waals surface area contributed by atoms with Crippen LogP contribution in [0.5, 0.6) is 5.75 Å². The molecule has 7 nitrogen and oxygen atoms in total. The van der Waals surface area contributed by atoms with E-state index in [0.29, 0.717) is 19.4 Å². The number of carbonyl (C=O) groups is 2. The Morgan fingerprint density at radius 2 is 1.37 bits per heavy atom. The summed E-state index contributed by atoms with van der Waals surface area (Å²) in [5, 5.41) is 10.5. The largest absolute Gasteiger partial charge is 0.494 e. The summed E-state index contributed by atoms with van der Waals surface area (Å²) in [6.45, 7) is 9.74. The van der Waals surface area contributed by atoms with E-state index in [0.717, 1.165) is 62.3 Å². The van der Waals surface area contributed by atoms with Crippen molar-refractivity contribution in [3.63, 3.8) is 0 Å². The van der Waals surface area contributed by atoms with E-state index < -0.39 is 0 Å². The van der Waals surface area contributed by atoms with E-state index in [4.69, 9.17) is 9.47 Å². The number of nitrogens with zero attached hydrogens (tertiary/aromatic N) is 1. The van der Waals surface area contributed by atoms with Gasteiger partial charge < -0.3 is 20.1 Å². The van der Waals surface area contributed by atoms with Gasteiger partial charge in [-0.3, -0.25) is 14.5 Å². The molecule has 2 aromatic carbocycles. The van der Waals surface area contributed by atoms with Gasteiger partial charge in [-0.2, -0.15) is 0 Å². The van der Waals surface area contributed by atoms with Crippen LogP contribution in [-0.4, -0.2) is 44.8 Å². The lowest BCUT2D eigenvalue weighted by molar-refractivity contribution is -0.144. The van der Waals surface area contributed by atoms with E-state index in [9.17, 15) is 9.59 Å². The molecule has 1 aliphatic heterocycles. The van der Waals surface area contributed by atoms with Crippen molar-refractivity contribution in [2.24, 2.45) is 0 Å². The second-order valence-corrected chi connectivity index (χ2v) is 18.0. The quantitative estimate of drug-likeness (QED) is 0.0471. The molecule has 0 atom stereocenters. The van der Waals surface area contributed by atoms with E-state index in [1.54, 1.807) is 16.2 Å². The first-order chi connectivity index (χ1) is 27.9. The van der Waals surface area contributed by atoms with Crippen LogP contribution in [0.15, 0.2) is 47.8 Å². The van der Waals surface area contributed by atoms with Crippen LogP contribution < -0.4 is 20.3 Å². The van der Waals surface area contributed by atoms with Gasteiger partial charge in [0.25, 0.3) is 0 Å². The molecule has 0 saturated carbocycles. The lowest BCUT2D eigenvalue weighted by Gasteiger charge is -2.38. The highest BCUT2D eigenvalue weighted by Gasteiger charge is 2.37. The average Bonchev–Trinajstić information content (AvgIpc) is 3.69. The number of unbranched alkanes of at least 4 members (excludes halogenated alkanes) is 20. The van der Waals surface area contributed by atoms with E-state index in [-0.39, 0.29) is 24.0 Å². The van der Waals surface area contributed by atoms with E-state index in [1.165, 1.54) is 131 Å². The zero-order valence-corrected chi connectivity index (χ0v) is 36.9. The second kappa shape index (κ2) is 27.6. The van der Waals surface area contributed by atoms with Crippen LogP contribution in [0.1, 0.15) is 180 Å². The average molecular weight is 804 g/mol. The van der Waals surface area contributed by atoms with Crippen LogP contribution in [0.3, 0.4) is 0 Å². The highest BCUT2D eigenvalue weighted by Crippen LogP contribution is 2.42. The molecule has 4 rings (SSSR count). The number of rotatable bonds is 33. The van der Waals surface area contributed by atoms with Crippen molar-refractivity contribution in [1.29, 1.82) is 0 Å². The lowest BCUT2D eigenvalue weighted by Crippen LogP contribution is -2.43. The Balaban J connectivity index is 1.00. The number of hydrogen-bond donors (Lipinski definition) is 2. The number of nitrogens with one attached hydrogen (secondary N) is 2. The maximum atomic E-state index is 13.3. The molecule has 1 aliphatic rings. The van der Waals surface area contributed by atoms with Gasteiger partial charge in [-0.15, -0.1) is 11.3 Å². The molecule has 1 amide bonds. The number of ether oxygens (including phenoxy) is 2. The number of fused-ring (bicyclic) bond motifs is 2. The van der Waals surface area contributed by atoms with Crippen LogP contribution in [0.2, 0.25) is 0 Å². The van der Waals surface area contributed by atoms with Crippen LogP contribution in [-0.2, 0) is 19.7 Å². The molecule has 0 spiro atoms. The Morgan fingerprint density at radius 3 is 2.02 bits per heavy atom. The van der Waals surface area contributed by atoms with Gasteiger partial charge in [0.2, 0.25) is 5.91 Å². The van der Waals surface area contributed by atoms with E-state index in [1.807, 2.05) is 12.1 Å². The van der Waals surface area contributed by atoms with Gasteiger partial charge in [0.05, 0.1) is 12.3 Å². The molecule has 0 aliphatic carbocycles. The molecule has 0 unspecified atom stereocenters. The van der Waals surface area contributed by atoms with Gasteiger partial charge in [0, 0.05) is 53.2 Å². The maximum absolute atomic E-state index is 13.3. The first-order valence-electron chi connectivity index (χ1n) is 23.0. The van der Waals surface area contributed by atoms with Gasteiger partial charge in [0.15, 0.2) is 6.73 Å². The Kier molecular flexibility index (Phi) is 22.5. The Labute approximate surface area is 350 Å². The van der Waals surface area contributed by atoms with Crippen molar-refractivity contribution in [3.8, 4) is 5.75 Å². The predicted molar refractivity (Wildman–Crippen MR) is 243 cm³/mol. The third-order valence-corrected chi connectivity index (χ3v) is 12.5. The highest BCUT2D eigenvalue weighted by atomic mass is 32.1. The summed E-state index contributed by atoms with van der Waals surface area (Å²) in [7, 11) is 0. The summed E-state index contributed by atoms with van der Waals surface area (Å²) in [5.74, 6) is 0.483. The zero-order valence-electron chi connectivity index (χ0n) is 36.1. The molecule has 0 radical (unpaired) electrons. The monoisotopic (exact) mass is 804 g/mol. The number of amides is 1. The third kappa shape index (κ3) is 17.7. The minimum atomic E-state index is -0.297. The highest BCUT2D eigenvalue weighted by molar-refractivity contribution is 7.17. The fraction of sp³-hybridized carbons (Fsp3) is 0.673. The molecule has 2 N–H and O–H groups in total. The number of anilines is 2. The number of esters is 1. The van der Waals surface area contributed by atoms with Crippen molar-refractivity contribution >= 4 is 44.7 Å². The first-order valence-corrected chi connectivity index (χ1v) is 23.9. The summed E-state index contributed by atoms with van der Waals surface area (Å²) in [6, 6.07) is 14.6. The number of hydrogen-bond acceptors (Lipinski definition) is 7. The van der Waals surface area contributed by atoms with Crippen LogP contribution in [0, 0.1) is 0 Å². The molecule has 3 aromatic rings. The van der Waals surface area contributed by atoms with Crippen molar-refractivity contribution in [1.82, 2.24) is 5.32 Å². The van der Waals surface area contributed by atoms with Crippen molar-refractivity contribution in [3.05, 3.63) is 53.4 Å². The van der Waals surface area contributed by atoms with Gasteiger partial charge in [-0.25, -0.2) is 0 Å². The van der Waals surface area contributed by atoms with Gasteiger partial charge in [-0.05, 0) is 61.0 Å². The molecular formula is C49H77N3O4S. The maximum Gasteiger partial charge on any atom is 0.307 e. The Hall–Kier alpha value is -3.10. The van der Waals surface area contributed by atoms with Crippen molar-refractivity contribution < 1.29 is 19.1 Å². The minimum absolute atomic E-state index is 0.0242. The van der Waals surface area contributed by atoms with Gasteiger partial charge in [0.1, 0.15) is 5.75 Å². The van der Waals surface area contributed by atoms with Crippen molar-refractivity contribution in [2.75, 3.05) is 43.2 Å². The Morgan fingerprint density at radius 1 is 0.737 bits per heavy atom. The molecule has 8 heteroatoms. The Bertz CT molecular complexity index is 1550. The zero-order chi connectivity index (χ0) is 40.4. The molecule has 0 fully saturated rings. The molecule has 0 bridgehead atoms. The fourth-order valence-corrected chi connectivity index (χ4v) is 8.89. The summed E-state index contributed by atoms with van der Waals surface area (Å²) in [6.07, 6.45) is 29.4. The van der Waals surface area contributed by atoms with Gasteiger partial charge in [-0.1, -0.05) is 155 Å². The third-order valence-electron chi connectivity index (χ3n) is 11.6. The minimum Gasteiger partial charge on any atom is -0.494 e. The molecule has 2 heterocycles. The first kappa shape index (κ1) is 46.6. The van der Waals surface area contributed by atoms with Crippen molar-refractivity contribution in [2.45, 2.75) is 180 Å². The molecule has 1 aromatic heterocycles. The standard InChI is InChI=1S/C49H77N3O4S/c1-4-5-6-7-8-9-10-11-12-13-14-15-16-17-18-19-20-21-22-23-29-48(54)56-40-52-45-38-41(30-31-43(45)49(2,3)39-47(52)53)55-36-25-24-33-50-34-35-51-44-27-26-28-46-42(44)32-37-57-46/h26-28,30-32,37-38,50-51H,4-25,29,33-36,39-40H2,1-3H3.